The highest BCUT2D eigenvalue weighted by Crippen LogP contribution is 2.27. The van der Waals surface area contributed by atoms with Gasteiger partial charge in [-0.25, -0.2) is 0 Å². The van der Waals surface area contributed by atoms with E-state index in [4.69, 9.17) is 9.98 Å². The topological polar surface area (TPSA) is 33.5 Å². The summed E-state index contributed by atoms with van der Waals surface area (Å²) in [5.74, 6) is 1.61. The number of aryl methyl sites for hydroxylation is 6. The molecular formula is C35H34N4. The zero-order valence-corrected chi connectivity index (χ0v) is 23.5. The largest absolute Gasteiger partial charge is 0.318 e. The van der Waals surface area contributed by atoms with Crippen LogP contribution in [0.2, 0.25) is 0 Å². The second kappa shape index (κ2) is 11.0. The molecule has 0 aliphatic rings. The first-order chi connectivity index (χ1) is 18.8. The van der Waals surface area contributed by atoms with Crippen molar-refractivity contribution in [2.45, 2.75) is 41.5 Å². The molecule has 0 aliphatic carbocycles. The zero-order valence-electron chi connectivity index (χ0n) is 23.5. The number of benzene rings is 4. The average molecular weight is 511 g/mol. The van der Waals surface area contributed by atoms with Crippen LogP contribution in [0.5, 0.6) is 0 Å². The predicted molar refractivity (Wildman–Crippen MR) is 161 cm³/mol. The first-order valence-electron chi connectivity index (χ1n) is 13.3. The Labute approximate surface area is 231 Å². The van der Waals surface area contributed by atoms with Crippen LogP contribution in [0.4, 0.5) is 11.4 Å². The molecule has 0 aliphatic heterocycles. The van der Waals surface area contributed by atoms with Gasteiger partial charge in [0.1, 0.15) is 11.5 Å². The number of hydrogen-bond acceptors (Lipinski definition) is 2. The molecule has 0 bridgehead atoms. The van der Waals surface area contributed by atoms with Crippen molar-refractivity contribution >= 4 is 23.0 Å². The van der Waals surface area contributed by atoms with Crippen LogP contribution in [-0.2, 0) is 0 Å². The highest BCUT2D eigenvalue weighted by atomic mass is 15.2. The summed E-state index contributed by atoms with van der Waals surface area (Å²) in [5.41, 5.74) is 11.1. The van der Waals surface area contributed by atoms with E-state index in [1.165, 1.54) is 11.1 Å². The van der Waals surface area contributed by atoms with Crippen molar-refractivity contribution in [3.8, 4) is 0 Å². The van der Waals surface area contributed by atoms with E-state index in [1.807, 2.05) is 57.9 Å². The standard InChI is InChI=1S/C35H34N4/c1-24-19-26(3)32(27(4)20-24)36-34(30-13-9-7-10-14-30)38-17-18-39(23-38)35(31-15-11-8-12-16-31)37-33-28(5)21-25(2)22-29(33)6/h7-22H,1-6H3. The minimum atomic E-state index is 0.805. The molecule has 4 aromatic carbocycles. The van der Waals surface area contributed by atoms with Gasteiger partial charge in [-0.15, -0.1) is 4.99 Å². The second-order valence-corrected chi connectivity index (χ2v) is 10.2. The molecule has 0 unspecified atom stereocenters. The third-order valence-electron chi connectivity index (χ3n) is 6.81. The van der Waals surface area contributed by atoms with Crippen molar-refractivity contribution in [2.75, 3.05) is 0 Å². The Morgan fingerprint density at radius 1 is 0.615 bits per heavy atom. The highest BCUT2D eigenvalue weighted by molar-refractivity contribution is 6.02. The second-order valence-electron chi connectivity index (χ2n) is 10.2. The van der Waals surface area contributed by atoms with E-state index < -0.39 is 0 Å². The summed E-state index contributed by atoms with van der Waals surface area (Å²) < 4.78 is 3.92. The van der Waals surface area contributed by atoms with Crippen molar-refractivity contribution in [3.63, 3.8) is 0 Å². The third kappa shape index (κ3) is 5.65. The van der Waals surface area contributed by atoms with Gasteiger partial charge in [-0.05, 0) is 69.4 Å². The summed E-state index contributed by atoms with van der Waals surface area (Å²) in [4.78, 5) is 10.4. The van der Waals surface area contributed by atoms with Crippen molar-refractivity contribution in [1.29, 1.82) is 0 Å². The molecular weight excluding hydrogens is 476 g/mol. The van der Waals surface area contributed by atoms with Crippen molar-refractivity contribution in [1.82, 2.24) is 4.57 Å². The van der Waals surface area contributed by atoms with E-state index in [-0.39, 0.29) is 0 Å². The summed E-state index contributed by atoms with van der Waals surface area (Å²) >= 11 is 0. The lowest BCUT2D eigenvalue weighted by atomic mass is 10.1. The maximum Gasteiger partial charge on any atom is 0.210 e. The lowest BCUT2D eigenvalue weighted by Crippen LogP contribution is -2.42. The summed E-state index contributed by atoms with van der Waals surface area (Å²) in [6, 6.07) is 29.3. The number of nitrogens with zero attached hydrogens (tertiary/aromatic N) is 4. The molecule has 0 N–H and O–H groups in total. The number of hydrogen-bond donors (Lipinski definition) is 0. The van der Waals surface area contributed by atoms with Crippen molar-refractivity contribution in [3.05, 3.63) is 148 Å². The van der Waals surface area contributed by atoms with Crippen molar-refractivity contribution in [2.24, 2.45) is 9.98 Å². The van der Waals surface area contributed by atoms with E-state index >= 15 is 0 Å². The Hall–Kier alpha value is -4.57. The first kappa shape index (κ1) is 26.1. The van der Waals surface area contributed by atoms with Crippen LogP contribution in [0.25, 0.3) is 0 Å². The van der Waals surface area contributed by atoms with Crippen LogP contribution in [0.3, 0.4) is 0 Å². The fourth-order valence-corrected chi connectivity index (χ4v) is 5.15. The SMILES string of the molecule is Cc1cc(C)c(N=C(c2ccccc2)n2[c-][n+](C(=Nc3c(C)cc(C)cc3C)c3ccccc3)cc2)c(C)c1. The quantitative estimate of drug-likeness (QED) is 0.103. The van der Waals surface area contributed by atoms with Gasteiger partial charge in [-0.1, -0.05) is 96.1 Å². The molecule has 0 atom stereocenters. The van der Waals surface area contributed by atoms with Gasteiger partial charge in [-0.3, -0.25) is 4.99 Å². The van der Waals surface area contributed by atoms with E-state index in [0.717, 1.165) is 56.4 Å². The van der Waals surface area contributed by atoms with E-state index in [0.29, 0.717) is 0 Å². The molecule has 0 saturated carbocycles. The molecule has 0 radical (unpaired) electrons. The molecule has 0 fully saturated rings. The maximum absolute atomic E-state index is 5.20. The van der Waals surface area contributed by atoms with Crippen LogP contribution in [-0.4, -0.2) is 16.2 Å². The Balaban J connectivity index is 1.68. The maximum atomic E-state index is 5.20. The van der Waals surface area contributed by atoms with E-state index in [2.05, 4.69) is 96.4 Å². The van der Waals surface area contributed by atoms with E-state index in [9.17, 15) is 0 Å². The number of imidazole rings is 1. The molecule has 1 aromatic heterocycles. The number of aromatic nitrogens is 2. The van der Waals surface area contributed by atoms with Crippen LogP contribution in [0.1, 0.15) is 44.5 Å². The molecule has 39 heavy (non-hydrogen) atoms. The molecule has 4 nitrogen and oxygen atoms in total. The Kier molecular flexibility index (Phi) is 7.38. The van der Waals surface area contributed by atoms with Gasteiger partial charge >= 0.3 is 0 Å². The van der Waals surface area contributed by atoms with Gasteiger partial charge in [0.15, 0.2) is 6.33 Å². The van der Waals surface area contributed by atoms with Crippen LogP contribution >= 0.6 is 0 Å². The molecule has 0 amide bonds. The minimum Gasteiger partial charge on any atom is -0.318 e. The number of aliphatic imine (C=N–C) groups is 2. The van der Waals surface area contributed by atoms with Gasteiger partial charge < -0.3 is 9.13 Å². The summed E-state index contributed by atoms with van der Waals surface area (Å²) in [5, 5.41) is 0. The monoisotopic (exact) mass is 510 g/mol. The summed E-state index contributed by atoms with van der Waals surface area (Å²) in [6.07, 6.45) is 7.52. The van der Waals surface area contributed by atoms with Crippen LogP contribution in [0, 0.1) is 47.9 Å². The van der Waals surface area contributed by atoms with Gasteiger partial charge in [-0.2, -0.15) is 0 Å². The lowest BCUT2D eigenvalue weighted by molar-refractivity contribution is -0.558. The zero-order chi connectivity index (χ0) is 27.5. The molecule has 5 rings (SSSR count). The molecule has 1 heterocycles. The molecule has 0 spiro atoms. The fourth-order valence-electron chi connectivity index (χ4n) is 5.15. The smallest absolute Gasteiger partial charge is 0.210 e. The van der Waals surface area contributed by atoms with Crippen LogP contribution < -0.4 is 4.57 Å². The van der Waals surface area contributed by atoms with Gasteiger partial charge in [0, 0.05) is 18.0 Å². The van der Waals surface area contributed by atoms with Crippen molar-refractivity contribution < 1.29 is 4.57 Å². The lowest BCUT2D eigenvalue weighted by Gasteiger charge is -2.13. The normalized spacial score (nSPS) is 12.2. The average Bonchev–Trinajstić information content (AvgIpc) is 3.38. The summed E-state index contributed by atoms with van der Waals surface area (Å²) in [6.45, 7) is 12.7. The predicted octanol–water partition coefficient (Wildman–Crippen LogP) is 7.68. The Morgan fingerprint density at radius 3 is 1.59 bits per heavy atom. The van der Waals surface area contributed by atoms with Gasteiger partial charge in [0.25, 0.3) is 0 Å². The Morgan fingerprint density at radius 2 is 1.08 bits per heavy atom. The summed E-state index contributed by atoms with van der Waals surface area (Å²) in [7, 11) is 0. The third-order valence-corrected chi connectivity index (χ3v) is 6.81. The minimum absolute atomic E-state index is 0.805. The highest BCUT2D eigenvalue weighted by Gasteiger charge is 2.15. The molecule has 194 valence electrons. The van der Waals surface area contributed by atoms with Crippen LogP contribution in [0.15, 0.2) is 107 Å². The van der Waals surface area contributed by atoms with Gasteiger partial charge in [0.2, 0.25) is 5.84 Å². The Bertz CT molecular complexity index is 1520. The molecule has 0 saturated heterocycles. The first-order valence-corrected chi connectivity index (χ1v) is 13.3. The van der Waals surface area contributed by atoms with Gasteiger partial charge in [0.05, 0.1) is 5.69 Å². The van der Waals surface area contributed by atoms with E-state index in [1.54, 1.807) is 0 Å². The molecule has 4 heteroatoms. The number of rotatable bonds is 4. The fraction of sp³-hybridized carbons (Fsp3) is 0.171. The molecule has 5 aromatic rings.